The molecular weight excluding hydrogens is 349 g/mol. The van der Waals surface area contributed by atoms with E-state index >= 15 is 0 Å². The highest BCUT2D eigenvalue weighted by Crippen LogP contribution is 2.21. The van der Waals surface area contributed by atoms with E-state index in [1.54, 1.807) is 23.0 Å². The number of hydrogen-bond donors (Lipinski definition) is 1. The number of hydrogen-bond acceptors (Lipinski definition) is 3. The van der Waals surface area contributed by atoms with E-state index in [-0.39, 0.29) is 5.82 Å². The number of rotatable bonds is 4. The van der Waals surface area contributed by atoms with Crippen molar-refractivity contribution in [3.05, 3.63) is 82.3 Å². The molecule has 0 unspecified atom stereocenters. The Balaban J connectivity index is 1.74. The monoisotopic (exact) mass is 365 g/mol. The van der Waals surface area contributed by atoms with E-state index in [9.17, 15) is 4.39 Å². The Morgan fingerprint density at radius 2 is 1.96 bits per heavy atom. The number of H-pyrrole nitrogens is 1. The third kappa shape index (κ3) is 3.09. The summed E-state index contributed by atoms with van der Waals surface area (Å²) in [5.41, 5.74) is 3.10. The summed E-state index contributed by atoms with van der Waals surface area (Å²) in [7, 11) is 0. The van der Waals surface area contributed by atoms with Crippen LogP contribution >= 0.6 is 12.2 Å². The molecule has 130 valence electrons. The summed E-state index contributed by atoms with van der Waals surface area (Å²) in [6.07, 6.45) is 3.82. The van der Waals surface area contributed by atoms with Gasteiger partial charge in [-0.25, -0.2) is 4.39 Å². The summed E-state index contributed by atoms with van der Waals surface area (Å²) in [5.74, 6) is 0.465. The van der Waals surface area contributed by atoms with Crippen molar-refractivity contribution in [1.29, 1.82) is 0 Å². The lowest BCUT2D eigenvalue weighted by molar-refractivity contribution is 0.626. The van der Waals surface area contributed by atoms with Crippen LogP contribution in [0, 0.1) is 17.5 Å². The van der Waals surface area contributed by atoms with E-state index in [0.717, 1.165) is 22.0 Å². The van der Waals surface area contributed by atoms with E-state index in [0.29, 0.717) is 17.1 Å². The molecule has 0 fully saturated rings. The van der Waals surface area contributed by atoms with Gasteiger partial charge in [0.05, 0.1) is 6.21 Å². The normalized spacial score (nSPS) is 11.6. The lowest BCUT2D eigenvalue weighted by atomic mass is 10.2. The summed E-state index contributed by atoms with van der Waals surface area (Å²) in [4.78, 5) is 0. The Bertz CT molecular complexity index is 1150. The van der Waals surface area contributed by atoms with Gasteiger partial charge in [0.2, 0.25) is 4.77 Å². The van der Waals surface area contributed by atoms with E-state index in [4.69, 9.17) is 12.2 Å². The maximum Gasteiger partial charge on any atom is 0.216 e. The molecule has 0 bridgehead atoms. The highest BCUT2D eigenvalue weighted by molar-refractivity contribution is 7.71. The minimum Gasteiger partial charge on any atom is -0.342 e. The van der Waals surface area contributed by atoms with Gasteiger partial charge < -0.3 is 4.57 Å². The minimum atomic E-state index is -0.230. The largest absolute Gasteiger partial charge is 0.342 e. The molecular formula is C19H16FN5S. The summed E-state index contributed by atoms with van der Waals surface area (Å²) in [6, 6.07) is 14.7. The zero-order chi connectivity index (χ0) is 18.1. The van der Waals surface area contributed by atoms with Crippen molar-refractivity contribution < 1.29 is 4.39 Å². The topological polar surface area (TPSA) is 50.9 Å². The third-order valence-corrected chi connectivity index (χ3v) is 4.47. The van der Waals surface area contributed by atoms with E-state index in [1.807, 2.05) is 25.3 Å². The zero-order valence-electron chi connectivity index (χ0n) is 14.1. The molecule has 0 aliphatic heterocycles. The van der Waals surface area contributed by atoms with Gasteiger partial charge in [0.25, 0.3) is 0 Å². The molecule has 4 rings (SSSR count). The molecule has 0 amide bonds. The average Bonchev–Trinajstić information content (AvgIpc) is 3.16. The van der Waals surface area contributed by atoms with Gasteiger partial charge in [0.1, 0.15) is 11.6 Å². The number of nitrogens with one attached hydrogen (secondary N) is 1. The molecule has 2 heterocycles. The van der Waals surface area contributed by atoms with Crippen LogP contribution in [-0.4, -0.2) is 25.7 Å². The Kier molecular flexibility index (Phi) is 4.22. The van der Waals surface area contributed by atoms with Crippen LogP contribution in [0.3, 0.4) is 0 Å². The van der Waals surface area contributed by atoms with Crippen molar-refractivity contribution in [1.82, 2.24) is 19.4 Å². The molecule has 0 spiro atoms. The molecule has 0 aliphatic rings. The first-order valence-electron chi connectivity index (χ1n) is 8.12. The van der Waals surface area contributed by atoms with Gasteiger partial charge in [0, 0.05) is 29.2 Å². The molecule has 2 aromatic heterocycles. The molecule has 0 saturated heterocycles. The second kappa shape index (κ2) is 6.68. The van der Waals surface area contributed by atoms with Gasteiger partial charge in [-0.1, -0.05) is 30.3 Å². The fourth-order valence-corrected chi connectivity index (χ4v) is 3.15. The second-order valence-corrected chi connectivity index (χ2v) is 6.38. The maximum atomic E-state index is 13.1. The third-order valence-electron chi connectivity index (χ3n) is 4.21. The minimum absolute atomic E-state index is 0.230. The summed E-state index contributed by atoms with van der Waals surface area (Å²) in [5, 5.41) is 12.3. The van der Waals surface area contributed by atoms with Crippen molar-refractivity contribution in [3.63, 3.8) is 0 Å². The Morgan fingerprint density at radius 1 is 1.19 bits per heavy atom. The van der Waals surface area contributed by atoms with E-state index in [2.05, 4.69) is 32.0 Å². The van der Waals surface area contributed by atoms with Gasteiger partial charge in [0.15, 0.2) is 0 Å². The molecule has 2 aromatic carbocycles. The Labute approximate surface area is 154 Å². The number of nitrogens with zero attached hydrogens (tertiary/aromatic N) is 4. The van der Waals surface area contributed by atoms with E-state index < -0.39 is 0 Å². The average molecular weight is 365 g/mol. The number of aromatic amines is 1. The number of benzene rings is 2. The predicted molar refractivity (Wildman–Crippen MR) is 103 cm³/mol. The molecule has 0 radical (unpaired) electrons. The van der Waals surface area contributed by atoms with Gasteiger partial charge in [-0.15, -0.1) is 0 Å². The number of aromatic nitrogens is 4. The molecule has 7 heteroatoms. The number of para-hydroxylation sites is 1. The van der Waals surface area contributed by atoms with Crippen LogP contribution in [-0.2, 0) is 6.54 Å². The Hall–Kier alpha value is -3.06. The molecule has 0 aliphatic carbocycles. The number of fused-ring (bicyclic) bond motifs is 1. The molecule has 1 N–H and O–H groups in total. The van der Waals surface area contributed by atoms with Crippen molar-refractivity contribution in [2.45, 2.75) is 13.5 Å². The SMILES string of the molecule is Cc1n[nH]c(=S)n1N=Cc1cn(Cc2ccc(F)cc2)c2ccccc12. The van der Waals surface area contributed by atoms with Crippen LogP contribution in [0.1, 0.15) is 17.0 Å². The lowest BCUT2D eigenvalue weighted by Crippen LogP contribution is -1.98. The summed E-state index contributed by atoms with van der Waals surface area (Å²) in [6.45, 7) is 2.49. The number of halogens is 1. The van der Waals surface area contributed by atoms with Gasteiger partial charge in [-0.3, -0.25) is 5.10 Å². The fourth-order valence-electron chi connectivity index (χ4n) is 2.92. The van der Waals surface area contributed by atoms with Crippen LogP contribution in [0.5, 0.6) is 0 Å². The summed E-state index contributed by atoms with van der Waals surface area (Å²) < 4.78 is 17.3. The second-order valence-electron chi connectivity index (χ2n) is 5.99. The lowest BCUT2D eigenvalue weighted by Gasteiger charge is -2.05. The van der Waals surface area contributed by atoms with Crippen LogP contribution in [0.25, 0.3) is 10.9 Å². The van der Waals surface area contributed by atoms with Gasteiger partial charge >= 0.3 is 0 Å². The molecule has 0 atom stereocenters. The number of aryl methyl sites for hydroxylation is 1. The van der Waals surface area contributed by atoms with Crippen molar-refractivity contribution in [2.75, 3.05) is 0 Å². The van der Waals surface area contributed by atoms with Crippen LogP contribution in [0.2, 0.25) is 0 Å². The predicted octanol–water partition coefficient (Wildman–Crippen LogP) is 4.27. The highest BCUT2D eigenvalue weighted by Gasteiger charge is 2.08. The Morgan fingerprint density at radius 3 is 2.69 bits per heavy atom. The zero-order valence-corrected chi connectivity index (χ0v) is 14.9. The van der Waals surface area contributed by atoms with Gasteiger partial charge in [-0.2, -0.15) is 14.9 Å². The standard InChI is InChI=1S/C19H16FN5S/c1-13-22-23-19(26)25(13)21-10-15-12-24(18-5-3-2-4-17(15)18)11-14-6-8-16(20)9-7-14/h2-10,12H,11H2,1H3,(H,23,26). The van der Waals surface area contributed by atoms with Crippen molar-refractivity contribution >= 4 is 29.3 Å². The van der Waals surface area contributed by atoms with Gasteiger partial charge in [-0.05, 0) is 42.9 Å². The van der Waals surface area contributed by atoms with E-state index in [1.165, 1.54) is 12.1 Å². The quantitative estimate of drug-likeness (QED) is 0.434. The van der Waals surface area contributed by atoms with Crippen LogP contribution < -0.4 is 0 Å². The molecule has 26 heavy (non-hydrogen) atoms. The van der Waals surface area contributed by atoms with Crippen LogP contribution in [0.15, 0.2) is 59.8 Å². The first-order valence-corrected chi connectivity index (χ1v) is 8.53. The van der Waals surface area contributed by atoms with Crippen molar-refractivity contribution in [3.8, 4) is 0 Å². The maximum absolute atomic E-state index is 13.1. The molecule has 5 nitrogen and oxygen atoms in total. The first kappa shape index (κ1) is 16.4. The summed E-state index contributed by atoms with van der Waals surface area (Å²) >= 11 is 5.18. The highest BCUT2D eigenvalue weighted by atomic mass is 32.1. The smallest absolute Gasteiger partial charge is 0.216 e. The first-order chi connectivity index (χ1) is 12.6. The van der Waals surface area contributed by atoms with Crippen molar-refractivity contribution in [2.24, 2.45) is 5.10 Å². The molecule has 0 saturated carbocycles. The fraction of sp³-hybridized carbons (Fsp3) is 0.105. The van der Waals surface area contributed by atoms with Crippen LogP contribution in [0.4, 0.5) is 4.39 Å². The molecule has 4 aromatic rings.